The van der Waals surface area contributed by atoms with Gasteiger partial charge in [0.2, 0.25) is 0 Å². The predicted molar refractivity (Wildman–Crippen MR) is 79.1 cm³/mol. The topological polar surface area (TPSA) is 46.2 Å². The van der Waals surface area contributed by atoms with Gasteiger partial charge in [-0.05, 0) is 58.4 Å². The van der Waals surface area contributed by atoms with Crippen molar-refractivity contribution in [3.05, 3.63) is 57.2 Å². The highest BCUT2D eigenvalue weighted by Gasteiger charge is 2.14. The average Bonchev–Trinajstić information content (AvgIpc) is 2.34. The Hall–Kier alpha value is -0.920. The Balaban J connectivity index is 2.30. The standard InChI is InChI=1S/C12H8Br2FNO2S/c13-8-1-4-10(5-2-8)19(17,18)16-9-3-6-11(14)12(15)7-9/h1-7,16H. The van der Waals surface area contributed by atoms with E-state index in [9.17, 15) is 12.8 Å². The zero-order chi connectivity index (χ0) is 14.0. The van der Waals surface area contributed by atoms with Crippen LogP contribution in [-0.4, -0.2) is 8.42 Å². The van der Waals surface area contributed by atoms with Crippen LogP contribution < -0.4 is 4.72 Å². The Kier molecular flexibility index (Phi) is 4.27. The first-order chi connectivity index (χ1) is 8.88. The third kappa shape index (κ3) is 3.55. The fraction of sp³-hybridized carbons (Fsp3) is 0. The quantitative estimate of drug-likeness (QED) is 0.828. The van der Waals surface area contributed by atoms with Gasteiger partial charge in [0.15, 0.2) is 0 Å². The molecule has 0 aliphatic heterocycles. The number of anilines is 1. The summed E-state index contributed by atoms with van der Waals surface area (Å²) in [6.07, 6.45) is 0. The highest BCUT2D eigenvalue weighted by Crippen LogP contribution is 2.22. The molecule has 1 N–H and O–H groups in total. The minimum absolute atomic E-state index is 0.110. The Morgan fingerprint density at radius 2 is 1.63 bits per heavy atom. The van der Waals surface area contributed by atoms with Crippen LogP contribution in [0.3, 0.4) is 0 Å². The molecule has 3 nitrogen and oxygen atoms in total. The van der Waals surface area contributed by atoms with Crippen LogP contribution >= 0.6 is 31.9 Å². The summed E-state index contributed by atoms with van der Waals surface area (Å²) in [6, 6.07) is 10.2. The molecule has 19 heavy (non-hydrogen) atoms. The van der Waals surface area contributed by atoms with Crippen molar-refractivity contribution in [2.45, 2.75) is 4.90 Å². The van der Waals surface area contributed by atoms with E-state index in [-0.39, 0.29) is 15.1 Å². The molecule has 0 unspecified atom stereocenters. The monoisotopic (exact) mass is 407 g/mol. The van der Waals surface area contributed by atoms with E-state index in [1.807, 2.05) is 0 Å². The molecule has 0 bridgehead atoms. The minimum atomic E-state index is -3.71. The highest BCUT2D eigenvalue weighted by atomic mass is 79.9. The second kappa shape index (κ2) is 5.60. The van der Waals surface area contributed by atoms with Crippen LogP contribution in [-0.2, 0) is 10.0 Å². The third-order valence-electron chi connectivity index (χ3n) is 2.30. The van der Waals surface area contributed by atoms with E-state index in [2.05, 4.69) is 36.6 Å². The number of rotatable bonds is 3. The summed E-state index contributed by atoms with van der Waals surface area (Å²) in [7, 11) is -3.71. The summed E-state index contributed by atoms with van der Waals surface area (Å²) in [6.45, 7) is 0. The van der Waals surface area contributed by atoms with E-state index in [0.717, 1.165) is 10.5 Å². The zero-order valence-corrected chi connectivity index (χ0v) is 13.4. The van der Waals surface area contributed by atoms with Crippen LogP contribution in [0.2, 0.25) is 0 Å². The molecule has 7 heteroatoms. The molecule has 0 fully saturated rings. The Morgan fingerprint density at radius 1 is 1.00 bits per heavy atom. The van der Waals surface area contributed by atoms with Crippen LogP contribution in [0.4, 0.5) is 10.1 Å². The molecule has 0 saturated carbocycles. The number of benzene rings is 2. The average molecular weight is 409 g/mol. The van der Waals surface area contributed by atoms with Crippen molar-refractivity contribution >= 4 is 47.6 Å². The van der Waals surface area contributed by atoms with E-state index >= 15 is 0 Å². The van der Waals surface area contributed by atoms with E-state index in [1.54, 1.807) is 12.1 Å². The summed E-state index contributed by atoms with van der Waals surface area (Å²) < 4.78 is 40.8. The van der Waals surface area contributed by atoms with Crippen molar-refractivity contribution in [2.24, 2.45) is 0 Å². The predicted octanol–water partition coefficient (Wildman–Crippen LogP) is 4.15. The smallest absolute Gasteiger partial charge is 0.261 e. The second-order valence-corrected chi connectivity index (χ2v) is 7.14. The molecule has 0 aromatic heterocycles. The molecule has 100 valence electrons. The molecular formula is C12H8Br2FNO2S. The van der Waals surface area contributed by atoms with Crippen molar-refractivity contribution < 1.29 is 12.8 Å². The first-order valence-corrected chi connectivity index (χ1v) is 8.19. The molecule has 0 aliphatic rings. The SMILES string of the molecule is O=S(=O)(Nc1ccc(Br)c(F)c1)c1ccc(Br)cc1. The van der Waals surface area contributed by atoms with E-state index < -0.39 is 15.8 Å². The molecule has 0 spiro atoms. The van der Waals surface area contributed by atoms with Gasteiger partial charge in [-0.3, -0.25) is 4.72 Å². The number of halogens is 3. The van der Waals surface area contributed by atoms with Gasteiger partial charge >= 0.3 is 0 Å². The lowest BCUT2D eigenvalue weighted by molar-refractivity contribution is 0.601. The molecule has 0 heterocycles. The lowest BCUT2D eigenvalue weighted by Gasteiger charge is -2.08. The van der Waals surface area contributed by atoms with Gasteiger partial charge in [-0.25, -0.2) is 12.8 Å². The van der Waals surface area contributed by atoms with Gasteiger partial charge in [0.25, 0.3) is 10.0 Å². The highest BCUT2D eigenvalue weighted by molar-refractivity contribution is 9.10. The van der Waals surface area contributed by atoms with Gasteiger partial charge in [-0.15, -0.1) is 0 Å². The van der Waals surface area contributed by atoms with E-state index in [4.69, 9.17) is 0 Å². The summed E-state index contributed by atoms with van der Waals surface area (Å²) >= 11 is 6.23. The lowest BCUT2D eigenvalue weighted by atomic mass is 10.3. The maximum Gasteiger partial charge on any atom is 0.261 e. The largest absolute Gasteiger partial charge is 0.280 e. The molecule has 0 atom stereocenters. The molecule has 0 radical (unpaired) electrons. The van der Waals surface area contributed by atoms with Crippen LogP contribution in [0.5, 0.6) is 0 Å². The Morgan fingerprint density at radius 3 is 2.21 bits per heavy atom. The van der Waals surface area contributed by atoms with Crippen LogP contribution in [0.1, 0.15) is 0 Å². The minimum Gasteiger partial charge on any atom is -0.280 e. The van der Waals surface area contributed by atoms with Crippen molar-refractivity contribution in [1.29, 1.82) is 0 Å². The summed E-state index contributed by atoms with van der Waals surface area (Å²) in [4.78, 5) is 0.110. The van der Waals surface area contributed by atoms with Gasteiger partial charge < -0.3 is 0 Å². The van der Waals surface area contributed by atoms with Crippen molar-refractivity contribution in [1.82, 2.24) is 0 Å². The number of nitrogens with one attached hydrogen (secondary N) is 1. The number of hydrogen-bond donors (Lipinski definition) is 1. The molecule has 2 rings (SSSR count). The van der Waals surface area contributed by atoms with Crippen molar-refractivity contribution in [2.75, 3.05) is 4.72 Å². The van der Waals surface area contributed by atoms with Gasteiger partial charge in [-0.1, -0.05) is 15.9 Å². The third-order valence-corrected chi connectivity index (χ3v) is 4.86. The van der Waals surface area contributed by atoms with Crippen molar-refractivity contribution in [3.63, 3.8) is 0 Å². The fourth-order valence-electron chi connectivity index (χ4n) is 1.39. The Bertz CT molecular complexity index is 702. The summed E-state index contributed by atoms with van der Waals surface area (Å²) in [5.74, 6) is -0.531. The van der Waals surface area contributed by atoms with Crippen LogP contribution in [0.15, 0.2) is 56.3 Å². The number of sulfonamides is 1. The molecular weight excluding hydrogens is 401 g/mol. The van der Waals surface area contributed by atoms with Gasteiger partial charge in [-0.2, -0.15) is 0 Å². The maximum atomic E-state index is 13.3. The summed E-state index contributed by atoms with van der Waals surface area (Å²) in [5, 5.41) is 0. The van der Waals surface area contributed by atoms with Crippen LogP contribution in [0, 0.1) is 5.82 Å². The van der Waals surface area contributed by atoms with Gasteiger partial charge in [0, 0.05) is 4.47 Å². The molecule has 0 saturated heterocycles. The molecule has 0 aliphatic carbocycles. The maximum absolute atomic E-state index is 13.3. The molecule has 0 amide bonds. The fourth-order valence-corrected chi connectivity index (χ4v) is 2.95. The normalized spacial score (nSPS) is 11.3. The van der Waals surface area contributed by atoms with Gasteiger partial charge in [0.1, 0.15) is 5.82 Å². The van der Waals surface area contributed by atoms with Crippen LogP contribution in [0.25, 0.3) is 0 Å². The lowest BCUT2D eigenvalue weighted by Crippen LogP contribution is -2.12. The first kappa shape index (κ1) is 14.5. The van der Waals surface area contributed by atoms with Gasteiger partial charge in [0.05, 0.1) is 15.1 Å². The number of hydrogen-bond acceptors (Lipinski definition) is 2. The Labute approximate surface area is 127 Å². The van der Waals surface area contributed by atoms with E-state index in [0.29, 0.717) is 0 Å². The van der Waals surface area contributed by atoms with E-state index in [1.165, 1.54) is 24.3 Å². The van der Waals surface area contributed by atoms with Crippen molar-refractivity contribution in [3.8, 4) is 0 Å². The first-order valence-electron chi connectivity index (χ1n) is 5.12. The summed E-state index contributed by atoms with van der Waals surface area (Å²) in [5.41, 5.74) is 0.170. The second-order valence-electron chi connectivity index (χ2n) is 3.69. The molecule has 2 aromatic carbocycles. The molecule has 2 aromatic rings. The zero-order valence-electron chi connectivity index (χ0n) is 9.40.